The van der Waals surface area contributed by atoms with Crippen LogP contribution >= 0.6 is 0 Å². The van der Waals surface area contributed by atoms with Crippen LogP contribution < -0.4 is 0 Å². The van der Waals surface area contributed by atoms with Crippen LogP contribution in [0, 0.1) is 16.2 Å². The van der Waals surface area contributed by atoms with Crippen LogP contribution in [0.3, 0.4) is 0 Å². The van der Waals surface area contributed by atoms with Gasteiger partial charge in [0.1, 0.15) is 0 Å². The molecular weight excluding hydrogens is 260 g/mol. The molecule has 0 amide bonds. The van der Waals surface area contributed by atoms with E-state index in [2.05, 4.69) is 62.3 Å². The molecule has 0 aliphatic heterocycles. The molecule has 0 saturated carbocycles. The highest BCUT2D eigenvalue weighted by atomic mass is 28.4. The number of rotatable bonds is 6. The Kier molecular flexibility index (Phi) is 7.02. The predicted octanol–water partition coefficient (Wildman–Crippen LogP) is 6.23. The first-order valence-electron chi connectivity index (χ1n) is 8.34. The van der Waals surface area contributed by atoms with Crippen LogP contribution in [0.25, 0.3) is 0 Å². The van der Waals surface area contributed by atoms with E-state index in [0.717, 1.165) is 37.4 Å². The summed E-state index contributed by atoms with van der Waals surface area (Å²) in [7, 11) is -2.08. The fourth-order valence-corrected chi connectivity index (χ4v) is 6.59. The van der Waals surface area contributed by atoms with Gasteiger partial charge < -0.3 is 4.80 Å². The second-order valence-corrected chi connectivity index (χ2v) is 14.4. The highest BCUT2D eigenvalue weighted by molar-refractivity contribution is 6.72. The van der Waals surface area contributed by atoms with E-state index in [1.54, 1.807) is 0 Å². The Morgan fingerprint density at radius 3 is 0.900 bits per heavy atom. The van der Waals surface area contributed by atoms with Crippen molar-refractivity contribution in [3.8, 4) is 0 Å². The normalized spacial score (nSPS) is 14.7. The molecule has 0 fully saturated rings. The molecule has 0 aliphatic rings. The average molecular weight is 301 g/mol. The topological polar surface area (TPSA) is 20.2 Å². The van der Waals surface area contributed by atoms with E-state index in [4.69, 9.17) is 0 Å². The summed E-state index contributed by atoms with van der Waals surface area (Å²) in [6, 6.07) is 3.22. The summed E-state index contributed by atoms with van der Waals surface area (Å²) in [5.74, 6) is 0. The molecule has 0 rings (SSSR count). The van der Waals surface area contributed by atoms with Crippen molar-refractivity contribution in [1.82, 2.24) is 0 Å². The van der Waals surface area contributed by atoms with E-state index in [1.807, 2.05) is 0 Å². The maximum atomic E-state index is 11.2. The highest BCUT2D eigenvalue weighted by Gasteiger charge is 2.34. The molecule has 0 aromatic heterocycles. The second-order valence-electron chi connectivity index (χ2n) is 10.4. The molecule has 20 heavy (non-hydrogen) atoms. The summed E-state index contributed by atoms with van der Waals surface area (Å²) in [6.45, 7) is 20.6. The first kappa shape index (κ1) is 20.2. The van der Waals surface area contributed by atoms with Crippen LogP contribution in [0.5, 0.6) is 0 Å². The van der Waals surface area contributed by atoms with Gasteiger partial charge in [0.15, 0.2) is 8.32 Å². The van der Waals surface area contributed by atoms with Gasteiger partial charge in [0.25, 0.3) is 0 Å². The van der Waals surface area contributed by atoms with Crippen LogP contribution in [0.2, 0.25) is 18.1 Å². The largest absolute Gasteiger partial charge is 0.432 e. The lowest BCUT2D eigenvalue weighted by Gasteiger charge is -2.33. The van der Waals surface area contributed by atoms with Gasteiger partial charge >= 0.3 is 0 Å². The Morgan fingerprint density at radius 2 is 0.750 bits per heavy atom. The smallest absolute Gasteiger partial charge is 0.188 e. The maximum Gasteiger partial charge on any atom is 0.188 e. The molecule has 2 heteroatoms. The Hall–Kier alpha value is 0.177. The van der Waals surface area contributed by atoms with Crippen molar-refractivity contribution >= 4 is 8.32 Å². The molecule has 122 valence electrons. The molecule has 0 heterocycles. The van der Waals surface area contributed by atoms with E-state index >= 15 is 0 Å². The van der Waals surface area contributed by atoms with Gasteiger partial charge in [-0.3, -0.25) is 0 Å². The zero-order valence-corrected chi connectivity index (χ0v) is 16.7. The lowest BCUT2D eigenvalue weighted by Crippen LogP contribution is -2.37. The van der Waals surface area contributed by atoms with Gasteiger partial charge in [-0.1, -0.05) is 62.3 Å². The van der Waals surface area contributed by atoms with E-state index in [0.29, 0.717) is 16.2 Å². The zero-order valence-electron chi connectivity index (χ0n) is 15.7. The fraction of sp³-hybridized carbons (Fsp3) is 1.00. The first-order chi connectivity index (χ1) is 8.62. The third-order valence-electron chi connectivity index (χ3n) is 4.02. The molecule has 0 aliphatic carbocycles. The minimum Gasteiger partial charge on any atom is -0.432 e. The van der Waals surface area contributed by atoms with Crippen molar-refractivity contribution in [2.45, 2.75) is 99.7 Å². The molecule has 0 bridgehead atoms. The van der Waals surface area contributed by atoms with Gasteiger partial charge in [0.05, 0.1) is 0 Å². The molecular formula is C18H40OSi. The minimum absolute atomic E-state index is 0.338. The summed E-state index contributed by atoms with van der Waals surface area (Å²) in [5, 5.41) is 0. The second kappa shape index (κ2) is 6.96. The summed E-state index contributed by atoms with van der Waals surface area (Å²) < 4.78 is 0. The Bertz CT molecular complexity index is 230. The first-order valence-corrected chi connectivity index (χ1v) is 10.9. The van der Waals surface area contributed by atoms with Crippen molar-refractivity contribution in [2.24, 2.45) is 16.2 Å². The number of hydrogen-bond acceptors (Lipinski definition) is 1. The van der Waals surface area contributed by atoms with Gasteiger partial charge in [-0.25, -0.2) is 0 Å². The van der Waals surface area contributed by atoms with Crippen LogP contribution in [-0.4, -0.2) is 13.1 Å². The van der Waals surface area contributed by atoms with E-state index in [9.17, 15) is 4.80 Å². The standard InChI is InChI=1S/C18H40OSi/c1-16(2,3)10-13-20(19,14-11-17(4,5)6)15-12-18(7,8)9/h19H,10-15H2,1-9H3. The van der Waals surface area contributed by atoms with Crippen LogP contribution in [0.4, 0.5) is 0 Å². The summed E-state index contributed by atoms with van der Waals surface area (Å²) in [4.78, 5) is 11.2. The molecule has 1 nitrogen and oxygen atoms in total. The van der Waals surface area contributed by atoms with Gasteiger partial charge in [-0.2, -0.15) is 0 Å². The molecule has 0 unspecified atom stereocenters. The van der Waals surface area contributed by atoms with Gasteiger partial charge in [-0.05, 0) is 53.6 Å². The molecule has 0 spiro atoms. The van der Waals surface area contributed by atoms with Crippen molar-refractivity contribution in [3.05, 3.63) is 0 Å². The molecule has 0 radical (unpaired) electrons. The summed E-state index contributed by atoms with van der Waals surface area (Å²) >= 11 is 0. The van der Waals surface area contributed by atoms with Crippen LogP contribution in [-0.2, 0) is 0 Å². The van der Waals surface area contributed by atoms with E-state index < -0.39 is 8.32 Å². The molecule has 0 aromatic carbocycles. The summed E-state index contributed by atoms with van der Waals surface area (Å²) in [5.41, 5.74) is 1.01. The van der Waals surface area contributed by atoms with Crippen LogP contribution in [0.1, 0.15) is 81.6 Å². The van der Waals surface area contributed by atoms with Gasteiger partial charge in [-0.15, -0.1) is 0 Å². The van der Waals surface area contributed by atoms with Gasteiger partial charge in [0.2, 0.25) is 0 Å². The monoisotopic (exact) mass is 300 g/mol. The SMILES string of the molecule is CC(C)(C)CC[Si](O)(CCC(C)(C)C)CCC(C)(C)C. The van der Waals surface area contributed by atoms with E-state index in [-0.39, 0.29) is 0 Å². The lowest BCUT2D eigenvalue weighted by atomic mass is 9.93. The Balaban J connectivity index is 4.66. The average Bonchev–Trinajstić information content (AvgIpc) is 2.18. The minimum atomic E-state index is -2.08. The predicted molar refractivity (Wildman–Crippen MR) is 94.6 cm³/mol. The third kappa shape index (κ3) is 12.0. The lowest BCUT2D eigenvalue weighted by molar-refractivity contribution is 0.352. The molecule has 0 saturated heterocycles. The van der Waals surface area contributed by atoms with Crippen molar-refractivity contribution in [2.75, 3.05) is 0 Å². The summed E-state index contributed by atoms with van der Waals surface area (Å²) in [6.07, 6.45) is 3.47. The molecule has 1 N–H and O–H groups in total. The number of hydrogen-bond donors (Lipinski definition) is 1. The maximum absolute atomic E-state index is 11.2. The fourth-order valence-electron chi connectivity index (χ4n) is 2.20. The van der Waals surface area contributed by atoms with E-state index in [1.165, 1.54) is 0 Å². The molecule has 0 atom stereocenters. The quantitative estimate of drug-likeness (QED) is 0.576. The zero-order chi connectivity index (χ0) is 16.2. The molecule has 0 aromatic rings. The van der Waals surface area contributed by atoms with Crippen molar-refractivity contribution in [3.63, 3.8) is 0 Å². The van der Waals surface area contributed by atoms with Crippen molar-refractivity contribution in [1.29, 1.82) is 0 Å². The Labute approximate surface area is 129 Å². The van der Waals surface area contributed by atoms with Crippen molar-refractivity contribution < 1.29 is 4.80 Å². The van der Waals surface area contributed by atoms with Gasteiger partial charge in [0, 0.05) is 0 Å². The third-order valence-corrected chi connectivity index (χ3v) is 7.56. The van der Waals surface area contributed by atoms with Crippen LogP contribution in [0.15, 0.2) is 0 Å². The Morgan fingerprint density at radius 1 is 0.550 bits per heavy atom. The highest BCUT2D eigenvalue weighted by Crippen LogP contribution is 2.36.